The van der Waals surface area contributed by atoms with Crippen molar-refractivity contribution in [1.82, 2.24) is 10.1 Å². The second-order valence-corrected chi connectivity index (χ2v) is 4.36. The SMILES string of the molecule is COCCCC(N)c1nc(C2CCC2)no1. The number of nitrogens with zero attached hydrogens (tertiary/aromatic N) is 2. The molecule has 0 aliphatic heterocycles. The first-order valence-electron chi connectivity index (χ1n) is 5.89. The van der Waals surface area contributed by atoms with E-state index >= 15 is 0 Å². The normalized spacial score (nSPS) is 18.4. The van der Waals surface area contributed by atoms with Gasteiger partial charge in [0.05, 0.1) is 6.04 Å². The fraction of sp³-hybridized carbons (Fsp3) is 0.818. The average Bonchev–Trinajstić information content (AvgIpc) is 2.64. The third-order valence-corrected chi connectivity index (χ3v) is 3.11. The highest BCUT2D eigenvalue weighted by molar-refractivity contribution is 5.01. The molecule has 0 spiro atoms. The predicted molar refractivity (Wildman–Crippen MR) is 58.9 cm³/mol. The molecule has 1 aliphatic rings. The minimum Gasteiger partial charge on any atom is -0.385 e. The molecule has 90 valence electrons. The highest BCUT2D eigenvalue weighted by atomic mass is 16.5. The number of hydrogen-bond acceptors (Lipinski definition) is 5. The zero-order valence-corrected chi connectivity index (χ0v) is 9.69. The smallest absolute Gasteiger partial charge is 0.243 e. The molecule has 0 amide bonds. The molecule has 0 saturated heterocycles. The molecule has 0 bridgehead atoms. The summed E-state index contributed by atoms with van der Waals surface area (Å²) in [5.41, 5.74) is 5.96. The maximum atomic E-state index is 5.96. The second-order valence-electron chi connectivity index (χ2n) is 4.36. The summed E-state index contributed by atoms with van der Waals surface area (Å²) in [7, 11) is 1.69. The van der Waals surface area contributed by atoms with E-state index < -0.39 is 0 Å². The first kappa shape index (κ1) is 11.5. The van der Waals surface area contributed by atoms with Crippen molar-refractivity contribution in [3.63, 3.8) is 0 Å². The van der Waals surface area contributed by atoms with Gasteiger partial charge < -0.3 is 15.0 Å². The van der Waals surface area contributed by atoms with Gasteiger partial charge in [-0.2, -0.15) is 4.98 Å². The lowest BCUT2D eigenvalue weighted by molar-refractivity contribution is 0.188. The average molecular weight is 225 g/mol. The molecule has 1 aromatic heterocycles. The molecule has 1 aromatic rings. The summed E-state index contributed by atoms with van der Waals surface area (Å²) < 4.78 is 10.2. The minimum atomic E-state index is -0.156. The van der Waals surface area contributed by atoms with E-state index in [9.17, 15) is 0 Å². The monoisotopic (exact) mass is 225 g/mol. The van der Waals surface area contributed by atoms with Crippen LogP contribution in [0.4, 0.5) is 0 Å². The van der Waals surface area contributed by atoms with Crippen LogP contribution in [0.25, 0.3) is 0 Å². The van der Waals surface area contributed by atoms with Crippen LogP contribution in [-0.2, 0) is 4.74 Å². The number of rotatable bonds is 6. The van der Waals surface area contributed by atoms with Crippen LogP contribution in [0.15, 0.2) is 4.52 Å². The molecule has 0 radical (unpaired) electrons. The zero-order valence-electron chi connectivity index (χ0n) is 9.69. The third kappa shape index (κ3) is 2.59. The van der Waals surface area contributed by atoms with Crippen molar-refractivity contribution in [2.24, 2.45) is 5.73 Å². The lowest BCUT2D eigenvalue weighted by Gasteiger charge is -2.21. The molecule has 1 atom stereocenters. The van der Waals surface area contributed by atoms with Crippen molar-refractivity contribution >= 4 is 0 Å². The van der Waals surface area contributed by atoms with E-state index in [1.54, 1.807) is 7.11 Å². The van der Waals surface area contributed by atoms with E-state index in [4.69, 9.17) is 15.0 Å². The fourth-order valence-corrected chi connectivity index (χ4v) is 1.80. The molecule has 1 heterocycles. The first-order chi connectivity index (χ1) is 7.81. The van der Waals surface area contributed by atoms with E-state index in [-0.39, 0.29) is 6.04 Å². The molecule has 2 rings (SSSR count). The summed E-state index contributed by atoms with van der Waals surface area (Å²) in [5, 5.41) is 3.99. The number of methoxy groups -OCH3 is 1. The van der Waals surface area contributed by atoms with Gasteiger partial charge in [-0.05, 0) is 25.7 Å². The number of nitrogens with two attached hydrogens (primary N) is 1. The lowest BCUT2D eigenvalue weighted by atomic mass is 9.85. The van der Waals surface area contributed by atoms with Crippen LogP contribution >= 0.6 is 0 Å². The third-order valence-electron chi connectivity index (χ3n) is 3.11. The van der Waals surface area contributed by atoms with Gasteiger partial charge in [-0.25, -0.2) is 0 Å². The fourth-order valence-electron chi connectivity index (χ4n) is 1.80. The number of ether oxygens (including phenoxy) is 1. The molecule has 1 aliphatic carbocycles. The van der Waals surface area contributed by atoms with E-state index in [1.807, 2.05) is 0 Å². The van der Waals surface area contributed by atoms with Crippen molar-refractivity contribution in [3.8, 4) is 0 Å². The van der Waals surface area contributed by atoms with Gasteiger partial charge in [0.1, 0.15) is 0 Å². The molecule has 2 N–H and O–H groups in total. The summed E-state index contributed by atoms with van der Waals surface area (Å²) >= 11 is 0. The lowest BCUT2D eigenvalue weighted by Crippen LogP contribution is -2.13. The second kappa shape index (κ2) is 5.41. The number of hydrogen-bond donors (Lipinski definition) is 1. The van der Waals surface area contributed by atoms with Crippen molar-refractivity contribution in [1.29, 1.82) is 0 Å². The van der Waals surface area contributed by atoms with Crippen LogP contribution < -0.4 is 5.73 Å². The van der Waals surface area contributed by atoms with Gasteiger partial charge in [0.25, 0.3) is 0 Å². The van der Waals surface area contributed by atoms with Gasteiger partial charge >= 0.3 is 0 Å². The van der Waals surface area contributed by atoms with Gasteiger partial charge in [0.2, 0.25) is 5.89 Å². The van der Waals surface area contributed by atoms with Crippen molar-refractivity contribution in [2.75, 3.05) is 13.7 Å². The molecular weight excluding hydrogens is 206 g/mol. The maximum Gasteiger partial charge on any atom is 0.243 e. The number of aromatic nitrogens is 2. The largest absolute Gasteiger partial charge is 0.385 e. The Hall–Kier alpha value is -0.940. The predicted octanol–water partition coefficient (Wildman–Crippen LogP) is 1.76. The Bertz CT molecular complexity index is 323. The summed E-state index contributed by atoms with van der Waals surface area (Å²) in [6.07, 6.45) is 5.36. The van der Waals surface area contributed by atoms with Crippen LogP contribution in [0.3, 0.4) is 0 Å². The summed E-state index contributed by atoms with van der Waals surface area (Å²) in [5.74, 6) is 1.91. The van der Waals surface area contributed by atoms with Crippen molar-refractivity contribution in [3.05, 3.63) is 11.7 Å². The standard InChI is InChI=1S/C11H19N3O2/c1-15-7-3-6-9(12)11-13-10(14-16-11)8-4-2-5-8/h8-9H,2-7,12H2,1H3. The topological polar surface area (TPSA) is 74.2 Å². The van der Waals surface area contributed by atoms with Crippen LogP contribution in [0.5, 0.6) is 0 Å². The van der Waals surface area contributed by atoms with Crippen LogP contribution in [0, 0.1) is 0 Å². The molecule has 0 aromatic carbocycles. The van der Waals surface area contributed by atoms with E-state index in [0.717, 1.165) is 25.3 Å². The molecule has 1 unspecified atom stereocenters. The maximum absolute atomic E-state index is 5.96. The minimum absolute atomic E-state index is 0.156. The Morgan fingerprint density at radius 1 is 1.56 bits per heavy atom. The highest BCUT2D eigenvalue weighted by Crippen LogP contribution is 2.34. The molecule has 5 nitrogen and oxygen atoms in total. The van der Waals surface area contributed by atoms with E-state index in [1.165, 1.54) is 19.3 Å². The Kier molecular flexibility index (Phi) is 3.90. The van der Waals surface area contributed by atoms with Gasteiger partial charge in [0, 0.05) is 19.6 Å². The Balaban J connectivity index is 1.85. The summed E-state index contributed by atoms with van der Waals surface area (Å²) in [6, 6.07) is -0.156. The Labute approximate surface area is 95.3 Å². The first-order valence-corrected chi connectivity index (χ1v) is 5.89. The van der Waals surface area contributed by atoms with Gasteiger partial charge in [-0.15, -0.1) is 0 Å². The van der Waals surface area contributed by atoms with Gasteiger partial charge in [-0.1, -0.05) is 11.6 Å². The van der Waals surface area contributed by atoms with E-state index in [0.29, 0.717) is 11.8 Å². The zero-order chi connectivity index (χ0) is 11.4. The van der Waals surface area contributed by atoms with Gasteiger partial charge in [0.15, 0.2) is 5.82 Å². The molecule has 1 saturated carbocycles. The van der Waals surface area contributed by atoms with Gasteiger partial charge in [-0.3, -0.25) is 0 Å². The molecule has 1 fully saturated rings. The molecule has 16 heavy (non-hydrogen) atoms. The Morgan fingerprint density at radius 3 is 3.00 bits per heavy atom. The van der Waals surface area contributed by atoms with Crippen molar-refractivity contribution in [2.45, 2.75) is 44.1 Å². The van der Waals surface area contributed by atoms with Crippen LogP contribution in [-0.4, -0.2) is 23.9 Å². The van der Waals surface area contributed by atoms with Crippen molar-refractivity contribution < 1.29 is 9.26 Å². The van der Waals surface area contributed by atoms with Crippen LogP contribution in [0.1, 0.15) is 55.8 Å². The summed E-state index contributed by atoms with van der Waals surface area (Å²) in [6.45, 7) is 0.720. The quantitative estimate of drug-likeness (QED) is 0.747. The molecule has 5 heteroatoms. The summed E-state index contributed by atoms with van der Waals surface area (Å²) in [4.78, 5) is 4.37. The van der Waals surface area contributed by atoms with Crippen LogP contribution in [0.2, 0.25) is 0 Å². The molecular formula is C11H19N3O2. The highest BCUT2D eigenvalue weighted by Gasteiger charge is 2.25. The van der Waals surface area contributed by atoms with E-state index in [2.05, 4.69) is 10.1 Å². The Morgan fingerprint density at radius 2 is 2.38 bits per heavy atom.